The number of halogens is 2. The van der Waals surface area contributed by atoms with Crippen LogP contribution in [0.3, 0.4) is 0 Å². The van der Waals surface area contributed by atoms with E-state index in [0.717, 1.165) is 39.2 Å². The molecule has 39 heavy (non-hydrogen) atoms. The van der Waals surface area contributed by atoms with Crippen LogP contribution in [0.15, 0.2) is 91.3 Å². The third-order valence-corrected chi connectivity index (χ3v) is 6.75. The number of rotatable bonds is 9. The van der Waals surface area contributed by atoms with Crippen LogP contribution >= 0.6 is 23.2 Å². The maximum atomic E-state index is 6.66. The van der Waals surface area contributed by atoms with Gasteiger partial charge in [-0.3, -0.25) is 14.9 Å². The minimum atomic E-state index is 0.549. The van der Waals surface area contributed by atoms with Gasteiger partial charge in [0.05, 0.1) is 38.3 Å². The Balaban J connectivity index is 0.00000172. The van der Waals surface area contributed by atoms with Crippen molar-refractivity contribution < 1.29 is 0 Å². The lowest BCUT2D eigenvalue weighted by atomic mass is 10.1. The van der Waals surface area contributed by atoms with Crippen molar-refractivity contribution in [2.75, 3.05) is 5.32 Å². The van der Waals surface area contributed by atoms with Crippen LogP contribution in [-0.4, -0.2) is 19.9 Å². The number of pyridine rings is 3. The second-order valence-electron chi connectivity index (χ2n) is 9.04. The predicted octanol–water partition coefficient (Wildman–Crippen LogP) is 8.48. The average molecular weight is 559 g/mol. The first-order valence-electron chi connectivity index (χ1n) is 13.1. The fraction of sp³-hybridized carbons (Fsp3) is 0.219. The molecule has 0 saturated carbocycles. The van der Waals surface area contributed by atoms with E-state index in [0.29, 0.717) is 36.2 Å². The molecule has 0 aliphatic carbocycles. The lowest BCUT2D eigenvalue weighted by Gasteiger charge is -2.22. The second kappa shape index (κ2) is 14.0. The number of aryl methyl sites for hydroxylation is 1. The van der Waals surface area contributed by atoms with Gasteiger partial charge in [-0.05, 0) is 55.0 Å². The summed E-state index contributed by atoms with van der Waals surface area (Å²) < 4.78 is 0. The molecule has 200 valence electrons. The van der Waals surface area contributed by atoms with Gasteiger partial charge < -0.3 is 5.32 Å². The predicted molar refractivity (Wildman–Crippen MR) is 163 cm³/mol. The second-order valence-corrected chi connectivity index (χ2v) is 9.85. The minimum Gasteiger partial charge on any atom is -0.378 e. The van der Waals surface area contributed by atoms with Crippen LogP contribution in [0.2, 0.25) is 10.0 Å². The highest BCUT2D eigenvalue weighted by Crippen LogP contribution is 2.36. The standard InChI is InChI=1S/C30H27Cl2N5.C2H6/c1-21-8-10-22(11-9-21)17-35-30-28(32)16-27(31)26-13-12-25(36-29(26)30)20-37(18-23-6-2-4-14-33-23)19-24-7-3-5-15-34-24;1-2/h2-16,35H,17-20H2,1H3;1-2H3. The van der Waals surface area contributed by atoms with Gasteiger partial charge >= 0.3 is 0 Å². The van der Waals surface area contributed by atoms with Crippen molar-refractivity contribution in [1.29, 1.82) is 0 Å². The van der Waals surface area contributed by atoms with Crippen molar-refractivity contribution in [2.45, 2.75) is 47.0 Å². The normalized spacial score (nSPS) is 10.8. The molecule has 1 N–H and O–H groups in total. The largest absolute Gasteiger partial charge is 0.378 e. The SMILES string of the molecule is CC.Cc1ccc(CNc2c(Cl)cc(Cl)c3ccc(CN(Cc4ccccn4)Cc4ccccn4)nc23)cc1. The average Bonchev–Trinajstić information content (AvgIpc) is 2.96. The molecule has 2 aromatic carbocycles. The van der Waals surface area contributed by atoms with Crippen LogP contribution in [0.4, 0.5) is 5.69 Å². The Morgan fingerprint density at radius 2 is 1.33 bits per heavy atom. The van der Waals surface area contributed by atoms with E-state index in [-0.39, 0.29) is 0 Å². The minimum absolute atomic E-state index is 0.549. The van der Waals surface area contributed by atoms with Crippen LogP contribution in [0.5, 0.6) is 0 Å². The number of aromatic nitrogens is 3. The van der Waals surface area contributed by atoms with Gasteiger partial charge in [0, 0.05) is 44.0 Å². The van der Waals surface area contributed by atoms with Crippen LogP contribution in [0.1, 0.15) is 42.1 Å². The van der Waals surface area contributed by atoms with Crippen molar-refractivity contribution in [1.82, 2.24) is 19.9 Å². The van der Waals surface area contributed by atoms with Crippen molar-refractivity contribution >= 4 is 39.8 Å². The molecule has 0 fully saturated rings. The summed E-state index contributed by atoms with van der Waals surface area (Å²) in [5, 5.41) is 5.49. The van der Waals surface area contributed by atoms with Gasteiger partial charge in [-0.1, -0.05) is 79.0 Å². The van der Waals surface area contributed by atoms with E-state index >= 15 is 0 Å². The van der Waals surface area contributed by atoms with Crippen LogP contribution in [-0.2, 0) is 26.2 Å². The molecule has 5 rings (SSSR count). The number of anilines is 1. The summed E-state index contributed by atoms with van der Waals surface area (Å²) in [5.41, 5.74) is 6.83. The lowest BCUT2D eigenvalue weighted by molar-refractivity contribution is 0.239. The monoisotopic (exact) mass is 557 g/mol. The van der Waals surface area contributed by atoms with Gasteiger partial charge in [0.25, 0.3) is 0 Å². The third-order valence-electron chi connectivity index (χ3n) is 6.14. The quantitative estimate of drug-likeness (QED) is 0.197. The molecule has 0 bridgehead atoms. The third kappa shape index (κ3) is 7.76. The molecule has 3 aromatic heterocycles. The Bertz CT molecular complexity index is 1430. The molecule has 3 heterocycles. The highest BCUT2D eigenvalue weighted by Gasteiger charge is 2.15. The van der Waals surface area contributed by atoms with Gasteiger partial charge in [-0.15, -0.1) is 0 Å². The van der Waals surface area contributed by atoms with E-state index in [1.165, 1.54) is 5.56 Å². The molecule has 5 aromatic rings. The van der Waals surface area contributed by atoms with Crippen LogP contribution in [0, 0.1) is 6.92 Å². The van der Waals surface area contributed by atoms with Gasteiger partial charge in [0.2, 0.25) is 0 Å². The molecular weight excluding hydrogens is 525 g/mol. The number of nitrogens with one attached hydrogen (secondary N) is 1. The van der Waals surface area contributed by atoms with Gasteiger partial charge in [0.15, 0.2) is 0 Å². The van der Waals surface area contributed by atoms with Crippen molar-refractivity contribution in [3.63, 3.8) is 0 Å². The fourth-order valence-electron chi connectivity index (χ4n) is 4.25. The topological polar surface area (TPSA) is 53.9 Å². The van der Waals surface area contributed by atoms with Crippen LogP contribution < -0.4 is 5.32 Å². The Morgan fingerprint density at radius 3 is 1.92 bits per heavy atom. The molecule has 0 aliphatic heterocycles. The number of hydrogen-bond acceptors (Lipinski definition) is 5. The summed E-state index contributed by atoms with van der Waals surface area (Å²) >= 11 is 13.2. The highest BCUT2D eigenvalue weighted by molar-refractivity contribution is 6.40. The zero-order chi connectivity index (χ0) is 27.6. The number of benzene rings is 2. The van der Waals surface area contributed by atoms with E-state index in [1.54, 1.807) is 6.07 Å². The van der Waals surface area contributed by atoms with E-state index in [1.807, 2.05) is 74.8 Å². The summed E-state index contributed by atoms with van der Waals surface area (Å²) in [6, 6.07) is 26.2. The van der Waals surface area contributed by atoms with Crippen molar-refractivity contribution in [2.24, 2.45) is 0 Å². The Labute approximate surface area is 240 Å². The Kier molecular flexibility index (Phi) is 10.3. The van der Waals surface area contributed by atoms with Crippen molar-refractivity contribution in [3.8, 4) is 0 Å². The molecule has 0 atom stereocenters. The molecule has 0 radical (unpaired) electrons. The number of fused-ring (bicyclic) bond motifs is 1. The van der Waals surface area contributed by atoms with E-state index in [2.05, 4.69) is 51.4 Å². The maximum absolute atomic E-state index is 6.66. The smallest absolute Gasteiger partial charge is 0.0967 e. The summed E-state index contributed by atoms with van der Waals surface area (Å²) in [6.45, 7) is 8.67. The first-order valence-corrected chi connectivity index (χ1v) is 13.9. The molecule has 5 nitrogen and oxygen atoms in total. The van der Waals surface area contributed by atoms with E-state index < -0.39 is 0 Å². The molecule has 0 aliphatic rings. The number of hydrogen-bond donors (Lipinski definition) is 1. The summed E-state index contributed by atoms with van der Waals surface area (Å²) in [4.78, 5) is 16.4. The highest BCUT2D eigenvalue weighted by atomic mass is 35.5. The molecule has 7 heteroatoms. The van der Waals surface area contributed by atoms with E-state index in [4.69, 9.17) is 28.2 Å². The molecule has 0 spiro atoms. The zero-order valence-electron chi connectivity index (χ0n) is 22.5. The summed E-state index contributed by atoms with van der Waals surface area (Å²) in [5.74, 6) is 0. The van der Waals surface area contributed by atoms with Gasteiger partial charge in [0.1, 0.15) is 0 Å². The lowest BCUT2D eigenvalue weighted by Crippen LogP contribution is -2.24. The van der Waals surface area contributed by atoms with Gasteiger partial charge in [-0.25, -0.2) is 4.98 Å². The van der Waals surface area contributed by atoms with Crippen molar-refractivity contribution in [3.05, 3.63) is 130 Å². The first kappa shape index (κ1) is 28.5. The Morgan fingerprint density at radius 1 is 0.718 bits per heavy atom. The maximum Gasteiger partial charge on any atom is 0.0967 e. The van der Waals surface area contributed by atoms with E-state index in [9.17, 15) is 0 Å². The molecular formula is C32H33Cl2N5. The first-order chi connectivity index (χ1) is 19.0. The fourth-order valence-corrected chi connectivity index (χ4v) is 4.83. The summed E-state index contributed by atoms with van der Waals surface area (Å²) in [7, 11) is 0. The summed E-state index contributed by atoms with van der Waals surface area (Å²) in [6.07, 6.45) is 3.64. The molecule has 0 saturated heterocycles. The van der Waals surface area contributed by atoms with Gasteiger partial charge in [-0.2, -0.15) is 0 Å². The zero-order valence-corrected chi connectivity index (χ0v) is 24.0. The van der Waals surface area contributed by atoms with Crippen LogP contribution in [0.25, 0.3) is 10.9 Å². The number of nitrogens with zero attached hydrogens (tertiary/aromatic N) is 4. The molecule has 0 unspecified atom stereocenters. The molecule has 0 amide bonds. The Hall–Kier alpha value is -3.51.